The van der Waals surface area contributed by atoms with Crippen LogP contribution in [0, 0.1) is 6.92 Å². The van der Waals surface area contributed by atoms with Crippen molar-refractivity contribution in [2.75, 3.05) is 0 Å². The van der Waals surface area contributed by atoms with Crippen molar-refractivity contribution >= 4 is 49.5 Å². The van der Waals surface area contributed by atoms with Crippen molar-refractivity contribution in [1.82, 2.24) is 14.5 Å². The van der Waals surface area contributed by atoms with Gasteiger partial charge in [-0.1, -0.05) is 15.9 Å². The van der Waals surface area contributed by atoms with Crippen molar-refractivity contribution in [3.63, 3.8) is 0 Å². The zero-order chi connectivity index (χ0) is 20.7. The van der Waals surface area contributed by atoms with Gasteiger partial charge in [-0.3, -0.25) is 9.59 Å². The number of nitrogens with zero attached hydrogens (tertiary/aromatic N) is 4. The van der Waals surface area contributed by atoms with Crippen molar-refractivity contribution in [2.45, 2.75) is 20.4 Å². The van der Waals surface area contributed by atoms with Crippen molar-refractivity contribution in [1.29, 1.82) is 0 Å². The maximum absolute atomic E-state index is 12.8. The number of aromatic amines is 1. The number of azo groups is 1. The molecule has 3 heterocycles. The van der Waals surface area contributed by atoms with E-state index in [1.165, 1.54) is 6.20 Å². The second-order valence-corrected chi connectivity index (χ2v) is 7.41. The molecule has 0 saturated carbocycles. The van der Waals surface area contributed by atoms with Gasteiger partial charge in [0, 0.05) is 28.3 Å². The number of H-pyrrole nitrogens is 1. The maximum Gasteiger partial charge on any atom is 0.300 e. The Morgan fingerprint density at radius 1 is 1.28 bits per heavy atom. The predicted octanol–water partition coefficient (Wildman–Crippen LogP) is 4.60. The Labute approximate surface area is 173 Å². The van der Waals surface area contributed by atoms with Crippen LogP contribution >= 0.6 is 15.9 Å². The number of carbonyl (C=O) groups excluding carboxylic acids is 1. The summed E-state index contributed by atoms with van der Waals surface area (Å²) in [7, 11) is 0. The summed E-state index contributed by atoms with van der Waals surface area (Å²) in [6.07, 6.45) is 1.45. The number of amides is 1. The highest BCUT2D eigenvalue weighted by Crippen LogP contribution is 2.36. The molecule has 8 nitrogen and oxygen atoms in total. The molecule has 4 rings (SSSR count). The largest absolute Gasteiger partial charge is 0.493 e. The molecule has 3 aromatic heterocycles. The molecule has 0 aliphatic rings. The van der Waals surface area contributed by atoms with Gasteiger partial charge in [0.25, 0.3) is 0 Å². The number of hydrogen-bond acceptors (Lipinski definition) is 5. The summed E-state index contributed by atoms with van der Waals surface area (Å²) in [5.74, 6) is -0.998. The maximum atomic E-state index is 12.8. The lowest BCUT2D eigenvalue weighted by Gasteiger charge is -2.09. The van der Waals surface area contributed by atoms with E-state index in [9.17, 15) is 14.7 Å². The fraction of sp³-hybridized carbons (Fsp3) is 0.150. The number of halogens is 1. The molecule has 2 N–H and O–H groups in total. The minimum atomic E-state index is -0.788. The highest BCUT2D eigenvalue weighted by molar-refractivity contribution is 9.10. The SMILES string of the molecule is CCn1cc(C(=O)N=Nc2c(O)[nH]c3ccc(Br)cc23)c(=O)c2ccc(C)nc21. The number of pyridine rings is 2. The number of aromatic nitrogens is 3. The number of aryl methyl sites for hydroxylation is 2. The monoisotopic (exact) mass is 453 g/mol. The van der Waals surface area contributed by atoms with Gasteiger partial charge in [0.05, 0.1) is 10.9 Å². The van der Waals surface area contributed by atoms with E-state index in [4.69, 9.17) is 0 Å². The molecule has 4 aromatic rings. The lowest BCUT2D eigenvalue weighted by Crippen LogP contribution is -2.18. The van der Waals surface area contributed by atoms with Crippen molar-refractivity contribution in [2.24, 2.45) is 10.2 Å². The first kappa shape index (κ1) is 19.0. The van der Waals surface area contributed by atoms with E-state index in [0.29, 0.717) is 28.5 Å². The third-order valence-electron chi connectivity index (χ3n) is 4.59. The highest BCUT2D eigenvalue weighted by atomic mass is 79.9. The molecular weight excluding hydrogens is 438 g/mol. The first-order valence-corrected chi connectivity index (χ1v) is 9.65. The fourth-order valence-electron chi connectivity index (χ4n) is 3.14. The van der Waals surface area contributed by atoms with Crippen LogP contribution in [0.4, 0.5) is 5.69 Å². The minimum absolute atomic E-state index is 0.103. The van der Waals surface area contributed by atoms with Crippen LogP contribution in [0.1, 0.15) is 23.0 Å². The Morgan fingerprint density at radius 2 is 2.07 bits per heavy atom. The summed E-state index contributed by atoms with van der Waals surface area (Å²) in [6, 6.07) is 8.70. The normalized spacial score (nSPS) is 11.7. The van der Waals surface area contributed by atoms with E-state index >= 15 is 0 Å². The fourth-order valence-corrected chi connectivity index (χ4v) is 3.50. The van der Waals surface area contributed by atoms with Gasteiger partial charge in [0.2, 0.25) is 11.3 Å². The molecular formula is C20H16BrN5O3. The van der Waals surface area contributed by atoms with E-state index < -0.39 is 11.3 Å². The summed E-state index contributed by atoms with van der Waals surface area (Å²) < 4.78 is 2.52. The standard InChI is InChI=1S/C20H16BrN5O3/c1-3-26-9-14(17(27)12-6-4-10(2)22-18(12)26)19(28)25-24-16-13-8-11(21)5-7-15(13)23-20(16)29/h4-9,23,29H,3H2,1-2H3. The van der Waals surface area contributed by atoms with Crippen LogP contribution in [-0.2, 0) is 6.54 Å². The van der Waals surface area contributed by atoms with Crippen LogP contribution in [0.25, 0.3) is 21.9 Å². The molecule has 9 heteroatoms. The number of fused-ring (bicyclic) bond motifs is 2. The van der Waals surface area contributed by atoms with Crippen LogP contribution < -0.4 is 5.43 Å². The Balaban J connectivity index is 1.80. The summed E-state index contributed by atoms with van der Waals surface area (Å²) in [4.78, 5) is 32.6. The summed E-state index contributed by atoms with van der Waals surface area (Å²) in [5.41, 5.74) is 1.52. The lowest BCUT2D eigenvalue weighted by atomic mass is 10.1. The number of carbonyl (C=O) groups is 1. The zero-order valence-electron chi connectivity index (χ0n) is 15.6. The van der Waals surface area contributed by atoms with E-state index in [2.05, 4.69) is 36.1 Å². The summed E-state index contributed by atoms with van der Waals surface area (Å²) >= 11 is 3.36. The van der Waals surface area contributed by atoms with E-state index in [0.717, 1.165) is 10.2 Å². The molecule has 146 valence electrons. The molecule has 0 fully saturated rings. The molecule has 0 saturated heterocycles. The second-order valence-electron chi connectivity index (χ2n) is 6.50. The molecule has 0 spiro atoms. The van der Waals surface area contributed by atoms with Gasteiger partial charge in [0.1, 0.15) is 11.2 Å². The second kappa shape index (κ2) is 7.25. The Bertz CT molecular complexity index is 1370. The Hall–Kier alpha value is -3.33. The van der Waals surface area contributed by atoms with Gasteiger partial charge in [0.15, 0.2) is 5.69 Å². The predicted molar refractivity (Wildman–Crippen MR) is 113 cm³/mol. The lowest BCUT2D eigenvalue weighted by molar-refractivity contribution is 0.0993. The molecule has 0 aliphatic carbocycles. The zero-order valence-corrected chi connectivity index (χ0v) is 17.2. The highest BCUT2D eigenvalue weighted by Gasteiger charge is 2.17. The first-order valence-electron chi connectivity index (χ1n) is 8.86. The number of benzene rings is 1. The van der Waals surface area contributed by atoms with Crippen LogP contribution in [0.5, 0.6) is 5.88 Å². The quantitative estimate of drug-likeness (QED) is 0.441. The molecule has 0 atom stereocenters. The summed E-state index contributed by atoms with van der Waals surface area (Å²) in [5, 5.41) is 18.6. The van der Waals surface area contributed by atoms with Crippen molar-refractivity contribution in [3.8, 4) is 5.88 Å². The van der Waals surface area contributed by atoms with Crippen LogP contribution in [0.15, 0.2) is 56.0 Å². The van der Waals surface area contributed by atoms with Crippen molar-refractivity contribution < 1.29 is 9.90 Å². The first-order chi connectivity index (χ1) is 13.9. The summed E-state index contributed by atoms with van der Waals surface area (Å²) in [6.45, 7) is 4.26. The van der Waals surface area contributed by atoms with Gasteiger partial charge in [-0.15, -0.1) is 10.2 Å². The number of nitrogens with one attached hydrogen (secondary N) is 1. The third-order valence-corrected chi connectivity index (χ3v) is 5.08. The third kappa shape index (κ3) is 3.33. The van der Waals surface area contributed by atoms with E-state index in [-0.39, 0.29) is 17.1 Å². The molecule has 0 aliphatic heterocycles. The molecule has 0 bridgehead atoms. The number of hydrogen-bond donors (Lipinski definition) is 2. The number of aromatic hydroxyl groups is 1. The van der Waals surface area contributed by atoms with Gasteiger partial charge in [-0.05, 0) is 44.2 Å². The van der Waals surface area contributed by atoms with Gasteiger partial charge in [-0.25, -0.2) is 4.98 Å². The average Bonchev–Trinajstić information content (AvgIpc) is 3.00. The molecule has 1 aromatic carbocycles. The minimum Gasteiger partial charge on any atom is -0.493 e. The van der Waals surface area contributed by atoms with Gasteiger partial charge < -0.3 is 14.7 Å². The smallest absolute Gasteiger partial charge is 0.300 e. The molecule has 0 radical (unpaired) electrons. The van der Waals surface area contributed by atoms with Gasteiger partial charge in [-0.2, -0.15) is 0 Å². The Kier molecular flexibility index (Phi) is 4.75. The van der Waals surface area contributed by atoms with Crippen LogP contribution in [0.3, 0.4) is 0 Å². The van der Waals surface area contributed by atoms with Crippen LogP contribution in [0.2, 0.25) is 0 Å². The van der Waals surface area contributed by atoms with E-state index in [1.807, 2.05) is 19.9 Å². The molecule has 29 heavy (non-hydrogen) atoms. The average molecular weight is 454 g/mol. The van der Waals surface area contributed by atoms with Crippen molar-refractivity contribution in [3.05, 3.63) is 62.5 Å². The molecule has 1 amide bonds. The van der Waals surface area contributed by atoms with Gasteiger partial charge >= 0.3 is 5.91 Å². The Morgan fingerprint density at radius 3 is 2.83 bits per heavy atom. The topological polar surface area (TPSA) is 113 Å². The van der Waals surface area contributed by atoms with Crippen LogP contribution in [-0.4, -0.2) is 25.5 Å². The number of rotatable bonds is 3. The molecule has 0 unspecified atom stereocenters. The van der Waals surface area contributed by atoms with E-state index in [1.54, 1.807) is 28.8 Å².